The summed E-state index contributed by atoms with van der Waals surface area (Å²) in [5.74, 6) is 0.745. The highest BCUT2D eigenvalue weighted by atomic mass is 16.5. The molecule has 2 unspecified atom stereocenters. The fourth-order valence-corrected chi connectivity index (χ4v) is 1.27. The van der Waals surface area contributed by atoms with Crippen LogP contribution >= 0.6 is 0 Å². The Bertz CT molecular complexity index is 79.0. The fraction of sp³-hybridized carbons (Fsp3) is 1.00. The second-order valence-electron chi connectivity index (χ2n) is 2.69. The van der Waals surface area contributed by atoms with Gasteiger partial charge in [-0.15, -0.1) is 0 Å². The fourth-order valence-electron chi connectivity index (χ4n) is 1.27. The lowest BCUT2D eigenvalue weighted by Gasteiger charge is -2.15. The molecular weight excluding hydrogens is 114 g/mol. The van der Waals surface area contributed by atoms with Crippen LogP contribution in [0.3, 0.4) is 0 Å². The third kappa shape index (κ3) is 1.66. The number of methoxy groups -OCH3 is 1. The molecule has 1 fully saturated rings. The second kappa shape index (κ2) is 3.18. The average molecular weight is 129 g/mol. The number of nitrogens with one attached hydrogen (secondary N) is 1. The summed E-state index contributed by atoms with van der Waals surface area (Å²) in [6, 6.07) is 0. The highest BCUT2D eigenvalue weighted by Crippen LogP contribution is 2.13. The summed E-state index contributed by atoms with van der Waals surface area (Å²) < 4.78 is 5.19. The van der Waals surface area contributed by atoms with Crippen molar-refractivity contribution in [2.24, 2.45) is 5.92 Å². The Labute approximate surface area is 56.6 Å². The largest absolute Gasteiger partial charge is 0.381 e. The first-order valence-corrected chi connectivity index (χ1v) is 3.58. The van der Waals surface area contributed by atoms with Crippen LogP contribution in [-0.2, 0) is 4.74 Å². The van der Waals surface area contributed by atoms with Gasteiger partial charge in [0.05, 0.1) is 6.10 Å². The zero-order valence-electron chi connectivity index (χ0n) is 6.18. The van der Waals surface area contributed by atoms with Gasteiger partial charge in [-0.2, -0.15) is 0 Å². The van der Waals surface area contributed by atoms with E-state index in [1.165, 1.54) is 13.0 Å². The molecule has 0 spiro atoms. The molecule has 1 N–H and O–H groups in total. The van der Waals surface area contributed by atoms with Gasteiger partial charge in [-0.3, -0.25) is 0 Å². The van der Waals surface area contributed by atoms with E-state index in [2.05, 4.69) is 12.2 Å². The van der Waals surface area contributed by atoms with E-state index in [0.29, 0.717) is 6.10 Å². The Morgan fingerprint density at radius 1 is 1.67 bits per heavy atom. The SMILES string of the molecule is COC(C)C1CCNC1. The Balaban J connectivity index is 2.24. The standard InChI is InChI=1S/C7H15NO/c1-6(9-2)7-3-4-8-5-7/h6-8H,3-5H2,1-2H3. The van der Waals surface area contributed by atoms with Gasteiger partial charge in [-0.25, -0.2) is 0 Å². The van der Waals surface area contributed by atoms with Crippen molar-refractivity contribution in [3.8, 4) is 0 Å². The molecule has 0 aromatic rings. The first kappa shape index (κ1) is 7.03. The van der Waals surface area contributed by atoms with Crippen molar-refractivity contribution in [3.05, 3.63) is 0 Å². The molecule has 1 aliphatic rings. The van der Waals surface area contributed by atoms with Crippen LogP contribution in [0, 0.1) is 5.92 Å². The molecule has 0 aliphatic carbocycles. The number of ether oxygens (including phenoxy) is 1. The van der Waals surface area contributed by atoms with Crippen molar-refractivity contribution in [1.82, 2.24) is 5.32 Å². The molecule has 54 valence electrons. The van der Waals surface area contributed by atoms with E-state index in [0.717, 1.165) is 12.5 Å². The molecule has 2 nitrogen and oxygen atoms in total. The third-order valence-corrected chi connectivity index (χ3v) is 2.13. The molecule has 9 heavy (non-hydrogen) atoms. The second-order valence-corrected chi connectivity index (χ2v) is 2.69. The van der Waals surface area contributed by atoms with Crippen LogP contribution in [0.4, 0.5) is 0 Å². The lowest BCUT2D eigenvalue weighted by molar-refractivity contribution is 0.0742. The summed E-state index contributed by atoms with van der Waals surface area (Å²) in [6.07, 6.45) is 1.70. The minimum absolute atomic E-state index is 0.431. The van der Waals surface area contributed by atoms with Crippen LogP contribution in [0.2, 0.25) is 0 Å². The molecule has 0 saturated carbocycles. The summed E-state index contributed by atoms with van der Waals surface area (Å²) in [7, 11) is 1.78. The molecule has 1 heterocycles. The van der Waals surface area contributed by atoms with Gasteiger partial charge in [-0.1, -0.05) is 0 Å². The Hall–Kier alpha value is -0.0800. The lowest BCUT2D eigenvalue weighted by Crippen LogP contribution is -2.21. The van der Waals surface area contributed by atoms with Crippen LogP contribution in [0.25, 0.3) is 0 Å². The monoisotopic (exact) mass is 129 g/mol. The first-order valence-electron chi connectivity index (χ1n) is 3.58. The van der Waals surface area contributed by atoms with Crippen molar-refractivity contribution >= 4 is 0 Å². The van der Waals surface area contributed by atoms with Crippen molar-refractivity contribution in [2.75, 3.05) is 20.2 Å². The summed E-state index contributed by atoms with van der Waals surface area (Å²) in [5.41, 5.74) is 0. The predicted octanol–water partition coefficient (Wildman–Crippen LogP) is 0.631. The van der Waals surface area contributed by atoms with Gasteiger partial charge in [0.15, 0.2) is 0 Å². The molecule has 1 rings (SSSR count). The maximum absolute atomic E-state index is 5.19. The van der Waals surface area contributed by atoms with Gasteiger partial charge >= 0.3 is 0 Å². The zero-order chi connectivity index (χ0) is 6.69. The Kier molecular flexibility index (Phi) is 2.49. The molecule has 2 atom stereocenters. The van der Waals surface area contributed by atoms with E-state index < -0.39 is 0 Å². The summed E-state index contributed by atoms with van der Waals surface area (Å²) in [5, 5.41) is 3.31. The first-order chi connectivity index (χ1) is 4.34. The molecule has 0 bridgehead atoms. The molecule has 0 radical (unpaired) electrons. The highest BCUT2D eigenvalue weighted by Gasteiger charge is 2.20. The van der Waals surface area contributed by atoms with E-state index in [9.17, 15) is 0 Å². The van der Waals surface area contributed by atoms with E-state index in [1.54, 1.807) is 7.11 Å². The maximum atomic E-state index is 5.19. The van der Waals surface area contributed by atoms with Gasteiger partial charge in [0.2, 0.25) is 0 Å². The van der Waals surface area contributed by atoms with Crippen LogP contribution in [0.5, 0.6) is 0 Å². The molecular formula is C7H15NO. The van der Waals surface area contributed by atoms with Crippen LogP contribution in [0.1, 0.15) is 13.3 Å². The number of hydrogen-bond acceptors (Lipinski definition) is 2. The van der Waals surface area contributed by atoms with Gasteiger partial charge in [0.25, 0.3) is 0 Å². The normalized spacial score (nSPS) is 30.7. The van der Waals surface area contributed by atoms with Gasteiger partial charge in [0, 0.05) is 13.7 Å². The predicted molar refractivity (Wildman–Crippen MR) is 37.4 cm³/mol. The molecule has 2 heteroatoms. The van der Waals surface area contributed by atoms with E-state index in [1.807, 2.05) is 0 Å². The molecule has 0 aromatic heterocycles. The van der Waals surface area contributed by atoms with E-state index in [4.69, 9.17) is 4.74 Å². The minimum Gasteiger partial charge on any atom is -0.381 e. The van der Waals surface area contributed by atoms with E-state index >= 15 is 0 Å². The van der Waals surface area contributed by atoms with Gasteiger partial charge in [-0.05, 0) is 25.8 Å². The number of rotatable bonds is 2. The van der Waals surface area contributed by atoms with Crippen LogP contribution < -0.4 is 5.32 Å². The van der Waals surface area contributed by atoms with Gasteiger partial charge < -0.3 is 10.1 Å². The third-order valence-electron chi connectivity index (χ3n) is 2.13. The van der Waals surface area contributed by atoms with Crippen molar-refractivity contribution in [1.29, 1.82) is 0 Å². The molecule has 0 amide bonds. The topological polar surface area (TPSA) is 21.3 Å². The van der Waals surface area contributed by atoms with Crippen molar-refractivity contribution < 1.29 is 4.74 Å². The van der Waals surface area contributed by atoms with Crippen molar-refractivity contribution in [2.45, 2.75) is 19.4 Å². The Morgan fingerprint density at radius 2 is 2.44 bits per heavy atom. The summed E-state index contributed by atoms with van der Waals surface area (Å²) >= 11 is 0. The van der Waals surface area contributed by atoms with Crippen molar-refractivity contribution in [3.63, 3.8) is 0 Å². The Morgan fingerprint density at radius 3 is 2.89 bits per heavy atom. The van der Waals surface area contributed by atoms with Gasteiger partial charge in [0.1, 0.15) is 0 Å². The summed E-state index contributed by atoms with van der Waals surface area (Å²) in [4.78, 5) is 0. The molecule has 1 saturated heterocycles. The summed E-state index contributed by atoms with van der Waals surface area (Å²) in [6.45, 7) is 4.44. The van der Waals surface area contributed by atoms with E-state index in [-0.39, 0.29) is 0 Å². The quantitative estimate of drug-likeness (QED) is 0.590. The zero-order valence-corrected chi connectivity index (χ0v) is 6.18. The van der Waals surface area contributed by atoms with Crippen LogP contribution in [-0.4, -0.2) is 26.3 Å². The molecule has 1 aliphatic heterocycles. The lowest BCUT2D eigenvalue weighted by atomic mass is 10.0. The smallest absolute Gasteiger partial charge is 0.0583 e. The average Bonchev–Trinajstić information content (AvgIpc) is 2.37. The highest BCUT2D eigenvalue weighted by molar-refractivity contribution is 4.75. The maximum Gasteiger partial charge on any atom is 0.0583 e. The molecule has 0 aromatic carbocycles. The van der Waals surface area contributed by atoms with Crippen LogP contribution in [0.15, 0.2) is 0 Å². The minimum atomic E-state index is 0.431. The number of hydrogen-bond donors (Lipinski definition) is 1.